The molecule has 32 heavy (non-hydrogen) atoms. The summed E-state index contributed by atoms with van der Waals surface area (Å²) in [6, 6.07) is 8.08. The number of anilines is 2. The molecule has 1 aromatic heterocycles. The van der Waals surface area contributed by atoms with Crippen molar-refractivity contribution in [1.29, 1.82) is 0 Å². The molecule has 0 aliphatic heterocycles. The summed E-state index contributed by atoms with van der Waals surface area (Å²) in [4.78, 5) is 26.2. The Bertz CT molecular complexity index is 1220. The lowest BCUT2D eigenvalue weighted by Gasteiger charge is -2.13. The van der Waals surface area contributed by atoms with Crippen molar-refractivity contribution in [2.75, 3.05) is 11.1 Å². The van der Waals surface area contributed by atoms with E-state index in [-0.39, 0.29) is 44.3 Å². The van der Waals surface area contributed by atoms with Crippen LogP contribution in [0.5, 0.6) is 11.6 Å². The standard InChI is InChI=1S/C19H11Cl2F3N4O4/c20-13-3-2-11(28(30)31)7-12(13)17(29)27-10-1-4-16(15(25)6-10)32-18-14(21)5-9(8-26-18)19(22,23)24/h1-8H,25H2,(H,27,29). The van der Waals surface area contributed by atoms with Gasteiger partial charge in [0.2, 0.25) is 5.88 Å². The Morgan fingerprint density at radius 3 is 2.44 bits per heavy atom. The monoisotopic (exact) mass is 486 g/mol. The number of amides is 1. The first-order valence-corrected chi connectivity index (χ1v) is 9.26. The van der Waals surface area contributed by atoms with Crippen LogP contribution in [0.15, 0.2) is 48.7 Å². The van der Waals surface area contributed by atoms with E-state index in [0.29, 0.717) is 12.3 Å². The Labute approximate surface area is 187 Å². The molecule has 1 amide bonds. The summed E-state index contributed by atoms with van der Waals surface area (Å²) in [6.07, 6.45) is -4.05. The lowest BCUT2D eigenvalue weighted by Crippen LogP contribution is -2.13. The summed E-state index contributed by atoms with van der Waals surface area (Å²) in [7, 11) is 0. The molecule has 0 spiro atoms. The van der Waals surface area contributed by atoms with Gasteiger partial charge < -0.3 is 15.8 Å². The second-order valence-corrected chi connectivity index (χ2v) is 7.05. The van der Waals surface area contributed by atoms with Crippen LogP contribution >= 0.6 is 23.2 Å². The number of rotatable bonds is 5. The molecule has 8 nitrogen and oxygen atoms in total. The minimum atomic E-state index is -4.61. The number of halogens is 5. The highest BCUT2D eigenvalue weighted by atomic mass is 35.5. The molecule has 0 atom stereocenters. The Morgan fingerprint density at radius 1 is 1.12 bits per heavy atom. The zero-order valence-electron chi connectivity index (χ0n) is 15.6. The number of carbonyl (C=O) groups is 1. The van der Waals surface area contributed by atoms with E-state index in [1.165, 1.54) is 24.3 Å². The maximum Gasteiger partial charge on any atom is 0.417 e. The second-order valence-electron chi connectivity index (χ2n) is 6.24. The molecule has 3 N–H and O–H groups in total. The van der Waals surface area contributed by atoms with E-state index in [9.17, 15) is 28.1 Å². The van der Waals surface area contributed by atoms with E-state index in [2.05, 4.69) is 10.3 Å². The van der Waals surface area contributed by atoms with Crippen molar-refractivity contribution in [3.05, 3.63) is 79.9 Å². The smallest absolute Gasteiger partial charge is 0.417 e. The van der Waals surface area contributed by atoms with Crippen molar-refractivity contribution < 1.29 is 27.6 Å². The molecule has 0 aliphatic carbocycles. The predicted molar refractivity (Wildman–Crippen MR) is 111 cm³/mol. The van der Waals surface area contributed by atoms with Crippen LogP contribution in [-0.4, -0.2) is 15.8 Å². The van der Waals surface area contributed by atoms with Crippen molar-refractivity contribution in [2.24, 2.45) is 0 Å². The average molecular weight is 487 g/mol. The third-order valence-electron chi connectivity index (χ3n) is 4.01. The number of pyridine rings is 1. The third kappa shape index (κ3) is 5.18. The number of benzene rings is 2. The highest BCUT2D eigenvalue weighted by Gasteiger charge is 2.32. The first-order chi connectivity index (χ1) is 15.0. The first-order valence-electron chi connectivity index (χ1n) is 8.51. The minimum absolute atomic E-state index is 0.00375. The number of nitro benzene ring substituents is 1. The van der Waals surface area contributed by atoms with Gasteiger partial charge in [-0.2, -0.15) is 13.2 Å². The number of nitrogens with zero attached hydrogens (tertiary/aromatic N) is 2. The fourth-order valence-corrected chi connectivity index (χ4v) is 2.89. The first kappa shape index (κ1) is 23.1. The van der Waals surface area contributed by atoms with Crippen LogP contribution in [0.3, 0.4) is 0 Å². The normalized spacial score (nSPS) is 11.2. The maximum absolute atomic E-state index is 12.7. The summed E-state index contributed by atoms with van der Waals surface area (Å²) in [5.74, 6) is -1.00. The number of non-ortho nitro benzene ring substituents is 1. The molecule has 0 radical (unpaired) electrons. The molecule has 3 aromatic rings. The molecule has 0 unspecified atom stereocenters. The Kier molecular flexibility index (Phi) is 6.42. The number of nitrogens with two attached hydrogens (primary N) is 1. The van der Waals surface area contributed by atoms with Gasteiger partial charge in [-0.25, -0.2) is 4.98 Å². The maximum atomic E-state index is 12.7. The number of hydrogen-bond donors (Lipinski definition) is 2. The van der Waals surface area contributed by atoms with Crippen molar-refractivity contribution in [3.8, 4) is 11.6 Å². The van der Waals surface area contributed by atoms with Crippen LogP contribution in [0.25, 0.3) is 0 Å². The number of nitrogen functional groups attached to an aromatic ring is 1. The average Bonchev–Trinajstić information content (AvgIpc) is 2.70. The van der Waals surface area contributed by atoms with Crippen molar-refractivity contribution >= 4 is 46.2 Å². The van der Waals surface area contributed by atoms with Crippen LogP contribution in [0, 0.1) is 10.1 Å². The van der Waals surface area contributed by atoms with Crippen LogP contribution < -0.4 is 15.8 Å². The Morgan fingerprint density at radius 2 is 1.84 bits per heavy atom. The van der Waals surface area contributed by atoms with Gasteiger partial charge in [0.05, 0.1) is 26.8 Å². The number of alkyl halides is 3. The van der Waals surface area contributed by atoms with Crippen molar-refractivity contribution in [1.82, 2.24) is 4.98 Å². The van der Waals surface area contributed by atoms with Gasteiger partial charge in [0, 0.05) is 24.0 Å². The fraction of sp³-hybridized carbons (Fsp3) is 0.0526. The zero-order valence-corrected chi connectivity index (χ0v) is 17.1. The molecule has 1 heterocycles. The van der Waals surface area contributed by atoms with E-state index in [0.717, 1.165) is 12.1 Å². The van der Waals surface area contributed by atoms with Crippen LogP contribution in [-0.2, 0) is 6.18 Å². The lowest BCUT2D eigenvalue weighted by atomic mass is 10.1. The van der Waals surface area contributed by atoms with Gasteiger partial charge in [0.1, 0.15) is 5.02 Å². The second kappa shape index (κ2) is 8.89. The van der Waals surface area contributed by atoms with Gasteiger partial charge in [-0.15, -0.1) is 0 Å². The fourth-order valence-electron chi connectivity index (χ4n) is 2.48. The molecule has 0 saturated heterocycles. The number of nitro groups is 1. The van der Waals surface area contributed by atoms with Crippen molar-refractivity contribution in [2.45, 2.75) is 6.18 Å². The van der Waals surface area contributed by atoms with Gasteiger partial charge in [-0.05, 0) is 30.3 Å². The molecule has 0 fully saturated rings. The number of nitrogens with one attached hydrogen (secondary N) is 1. The number of ether oxygens (including phenoxy) is 1. The molecular weight excluding hydrogens is 476 g/mol. The molecule has 0 bridgehead atoms. The Hall–Kier alpha value is -3.57. The van der Waals surface area contributed by atoms with Gasteiger partial charge in [-0.3, -0.25) is 14.9 Å². The summed E-state index contributed by atoms with van der Waals surface area (Å²) >= 11 is 11.8. The number of hydrogen-bond acceptors (Lipinski definition) is 6. The van der Waals surface area contributed by atoms with Crippen molar-refractivity contribution in [3.63, 3.8) is 0 Å². The molecule has 2 aromatic carbocycles. The molecule has 166 valence electrons. The molecule has 13 heteroatoms. The lowest BCUT2D eigenvalue weighted by molar-refractivity contribution is -0.384. The van der Waals surface area contributed by atoms with E-state index in [4.69, 9.17) is 33.7 Å². The molecule has 3 rings (SSSR count). The summed E-state index contributed by atoms with van der Waals surface area (Å²) in [5.41, 5.74) is 4.61. The minimum Gasteiger partial charge on any atom is -0.435 e. The SMILES string of the molecule is Nc1cc(NC(=O)c2cc([N+](=O)[O-])ccc2Cl)ccc1Oc1ncc(C(F)(F)F)cc1Cl. The molecular formula is C19H11Cl2F3N4O4. The van der Waals surface area contributed by atoms with Gasteiger partial charge >= 0.3 is 6.18 Å². The summed E-state index contributed by atoms with van der Waals surface area (Å²) < 4.78 is 43.5. The zero-order chi connectivity index (χ0) is 23.6. The molecule has 0 saturated carbocycles. The highest BCUT2D eigenvalue weighted by molar-refractivity contribution is 6.34. The van der Waals surface area contributed by atoms with Gasteiger partial charge in [-0.1, -0.05) is 23.2 Å². The largest absolute Gasteiger partial charge is 0.435 e. The topological polar surface area (TPSA) is 120 Å². The van der Waals surface area contributed by atoms with E-state index in [1.54, 1.807) is 0 Å². The quantitative estimate of drug-likeness (QED) is 0.261. The van der Waals surface area contributed by atoms with Crippen LogP contribution in [0.4, 0.5) is 30.2 Å². The van der Waals surface area contributed by atoms with Gasteiger partial charge in [0.15, 0.2) is 5.75 Å². The highest BCUT2D eigenvalue weighted by Crippen LogP contribution is 2.36. The van der Waals surface area contributed by atoms with Gasteiger partial charge in [0.25, 0.3) is 11.6 Å². The Balaban J connectivity index is 1.78. The van der Waals surface area contributed by atoms with E-state index >= 15 is 0 Å². The predicted octanol–water partition coefficient (Wildman–Crippen LogP) is 5.94. The van der Waals surface area contributed by atoms with Crippen LogP contribution in [0.2, 0.25) is 10.0 Å². The number of carbonyl (C=O) groups excluding carboxylic acids is 1. The van der Waals surface area contributed by atoms with Crippen LogP contribution in [0.1, 0.15) is 15.9 Å². The summed E-state index contributed by atoms with van der Waals surface area (Å²) in [5, 5.41) is 13.0. The third-order valence-corrected chi connectivity index (χ3v) is 4.61. The summed E-state index contributed by atoms with van der Waals surface area (Å²) in [6.45, 7) is 0. The van der Waals surface area contributed by atoms with E-state index in [1.807, 2.05) is 0 Å². The number of aromatic nitrogens is 1. The molecule has 0 aliphatic rings. The van der Waals surface area contributed by atoms with E-state index < -0.39 is 22.6 Å².